The van der Waals surface area contributed by atoms with Gasteiger partial charge < -0.3 is 20.8 Å². The Morgan fingerprint density at radius 2 is 1.81 bits per heavy atom. The van der Waals surface area contributed by atoms with Crippen LogP contribution < -0.4 is 16.2 Å². The van der Waals surface area contributed by atoms with Gasteiger partial charge in [-0.1, -0.05) is 11.3 Å². The van der Waals surface area contributed by atoms with Gasteiger partial charge in [0, 0.05) is 24.2 Å². The van der Waals surface area contributed by atoms with Gasteiger partial charge in [0.25, 0.3) is 11.5 Å². The first-order valence-electron chi connectivity index (χ1n) is 9.27. The van der Waals surface area contributed by atoms with Gasteiger partial charge in [0.2, 0.25) is 0 Å². The minimum atomic E-state index is -1.30. The van der Waals surface area contributed by atoms with Crippen LogP contribution in [0, 0.1) is 0 Å². The molecule has 0 unspecified atom stereocenters. The van der Waals surface area contributed by atoms with E-state index in [4.69, 9.17) is 10.2 Å². The molecule has 31 heavy (non-hydrogen) atoms. The van der Waals surface area contributed by atoms with Crippen molar-refractivity contribution in [2.24, 2.45) is 0 Å². The number of carbonyl (C=O) groups excluding carboxylic acids is 1. The number of benzene rings is 2. The van der Waals surface area contributed by atoms with Crippen LogP contribution in [0.5, 0.6) is 0 Å². The third-order valence-electron chi connectivity index (χ3n) is 4.51. The third-order valence-corrected chi connectivity index (χ3v) is 4.51. The van der Waals surface area contributed by atoms with E-state index in [1.165, 1.54) is 12.1 Å². The predicted molar refractivity (Wildman–Crippen MR) is 110 cm³/mol. The second-order valence-electron chi connectivity index (χ2n) is 6.72. The lowest BCUT2D eigenvalue weighted by molar-refractivity contribution is -0.140. The van der Waals surface area contributed by atoms with Gasteiger partial charge in [0.15, 0.2) is 0 Å². The molecule has 0 spiro atoms. The highest BCUT2D eigenvalue weighted by Gasteiger charge is 2.21. The molecule has 3 rings (SSSR count). The zero-order chi connectivity index (χ0) is 22.4. The highest BCUT2D eigenvalue weighted by molar-refractivity contribution is 5.97. The summed E-state index contributed by atoms with van der Waals surface area (Å²) in [5, 5.41) is 33.4. The number of hydrogen-bond acceptors (Lipinski definition) is 7. The van der Waals surface area contributed by atoms with Gasteiger partial charge in [0.05, 0.1) is 5.39 Å². The highest BCUT2D eigenvalue weighted by Crippen LogP contribution is 2.14. The maximum absolute atomic E-state index is 12.3. The molecular formula is C20H19N5O6. The Hall–Kier alpha value is -4.28. The van der Waals surface area contributed by atoms with E-state index in [1.54, 1.807) is 24.3 Å². The van der Waals surface area contributed by atoms with E-state index in [0.29, 0.717) is 23.1 Å². The van der Waals surface area contributed by atoms with Gasteiger partial charge in [-0.2, -0.15) is 0 Å². The summed E-state index contributed by atoms with van der Waals surface area (Å²) in [4.78, 5) is 45.9. The molecule has 1 amide bonds. The average molecular weight is 425 g/mol. The molecule has 0 saturated heterocycles. The molecule has 0 aliphatic heterocycles. The third kappa shape index (κ3) is 5.63. The van der Waals surface area contributed by atoms with Crippen LogP contribution in [0.1, 0.15) is 28.8 Å². The Balaban J connectivity index is 1.61. The van der Waals surface area contributed by atoms with Crippen molar-refractivity contribution in [1.82, 2.24) is 20.7 Å². The lowest BCUT2D eigenvalue weighted by Crippen LogP contribution is -2.41. The SMILES string of the molecule is O=C(O)CC[C@H](NC(=O)c1ccc(NCc2ccc3nn[nH]c(=O)c3c2)cc1)C(=O)O. The normalized spacial score (nSPS) is 11.6. The first-order chi connectivity index (χ1) is 14.8. The standard InChI is InChI=1S/C20H19N5O6/c26-17(27)8-7-16(20(30)31)22-18(28)12-2-4-13(5-3-12)21-10-11-1-6-15-14(9-11)19(29)24-25-23-15/h1-6,9,16,21H,7-8,10H2,(H,22,28)(H,26,27)(H,30,31)(H,23,24,29)/t16-/m0/s1. The molecule has 0 aliphatic carbocycles. The lowest BCUT2D eigenvalue weighted by atomic mass is 10.1. The number of hydrogen-bond donors (Lipinski definition) is 5. The van der Waals surface area contributed by atoms with Crippen LogP contribution in [0.15, 0.2) is 47.3 Å². The van der Waals surface area contributed by atoms with Crippen molar-refractivity contribution in [3.63, 3.8) is 0 Å². The number of fused-ring (bicyclic) bond motifs is 1. The second kappa shape index (κ2) is 9.48. The lowest BCUT2D eigenvalue weighted by Gasteiger charge is -2.14. The molecule has 2 aromatic carbocycles. The van der Waals surface area contributed by atoms with Crippen molar-refractivity contribution in [2.75, 3.05) is 5.32 Å². The minimum Gasteiger partial charge on any atom is -0.481 e. The predicted octanol–water partition coefficient (Wildman–Crippen LogP) is 0.978. The first kappa shape index (κ1) is 21.4. The van der Waals surface area contributed by atoms with Crippen LogP contribution in [0.2, 0.25) is 0 Å². The van der Waals surface area contributed by atoms with Crippen molar-refractivity contribution in [1.29, 1.82) is 0 Å². The Kier molecular flexibility index (Phi) is 6.55. The fraction of sp³-hybridized carbons (Fsp3) is 0.200. The summed E-state index contributed by atoms with van der Waals surface area (Å²) < 4.78 is 0. The Labute approximate surface area is 175 Å². The number of anilines is 1. The van der Waals surface area contributed by atoms with E-state index in [2.05, 4.69) is 26.0 Å². The Bertz CT molecular complexity index is 1170. The van der Waals surface area contributed by atoms with Crippen LogP contribution in [0.4, 0.5) is 5.69 Å². The number of nitrogens with one attached hydrogen (secondary N) is 3. The number of rotatable bonds is 9. The monoisotopic (exact) mass is 425 g/mol. The summed E-state index contributed by atoms with van der Waals surface area (Å²) in [6.45, 7) is 0.416. The number of carboxylic acids is 2. The summed E-state index contributed by atoms with van der Waals surface area (Å²) >= 11 is 0. The molecule has 11 nitrogen and oxygen atoms in total. The zero-order valence-corrected chi connectivity index (χ0v) is 16.2. The summed E-state index contributed by atoms with van der Waals surface area (Å²) in [6.07, 6.45) is -0.580. The highest BCUT2D eigenvalue weighted by atomic mass is 16.4. The molecule has 0 radical (unpaired) electrons. The summed E-state index contributed by atoms with van der Waals surface area (Å²) in [6, 6.07) is 10.3. The number of amides is 1. The Morgan fingerprint density at radius 1 is 1.06 bits per heavy atom. The Morgan fingerprint density at radius 3 is 2.48 bits per heavy atom. The molecule has 1 heterocycles. The van der Waals surface area contributed by atoms with Crippen molar-refractivity contribution in [2.45, 2.75) is 25.4 Å². The van der Waals surface area contributed by atoms with Crippen molar-refractivity contribution >= 4 is 34.4 Å². The van der Waals surface area contributed by atoms with E-state index in [-0.39, 0.29) is 24.0 Å². The first-order valence-corrected chi connectivity index (χ1v) is 9.27. The van der Waals surface area contributed by atoms with Crippen molar-refractivity contribution in [3.8, 4) is 0 Å². The maximum atomic E-state index is 12.3. The number of carbonyl (C=O) groups is 3. The van der Waals surface area contributed by atoms with Crippen molar-refractivity contribution in [3.05, 3.63) is 63.9 Å². The number of H-pyrrole nitrogens is 1. The molecule has 1 aromatic heterocycles. The number of aromatic amines is 1. The van der Waals surface area contributed by atoms with Crippen LogP contribution in [0.25, 0.3) is 10.9 Å². The maximum Gasteiger partial charge on any atom is 0.326 e. The van der Waals surface area contributed by atoms with E-state index < -0.39 is 23.9 Å². The smallest absolute Gasteiger partial charge is 0.326 e. The number of aliphatic carboxylic acids is 2. The largest absolute Gasteiger partial charge is 0.481 e. The molecular weight excluding hydrogens is 406 g/mol. The topological polar surface area (TPSA) is 174 Å². The van der Waals surface area contributed by atoms with Crippen LogP contribution in [0.3, 0.4) is 0 Å². The molecule has 0 saturated carbocycles. The van der Waals surface area contributed by atoms with Crippen LogP contribution in [-0.2, 0) is 16.1 Å². The molecule has 5 N–H and O–H groups in total. The van der Waals surface area contributed by atoms with E-state index >= 15 is 0 Å². The van der Waals surface area contributed by atoms with E-state index in [9.17, 15) is 19.2 Å². The summed E-state index contributed by atoms with van der Waals surface area (Å²) in [7, 11) is 0. The fourth-order valence-electron chi connectivity index (χ4n) is 2.86. The number of aromatic nitrogens is 3. The fourth-order valence-corrected chi connectivity index (χ4v) is 2.86. The van der Waals surface area contributed by atoms with Gasteiger partial charge in [-0.15, -0.1) is 5.10 Å². The molecule has 11 heteroatoms. The molecule has 1 atom stereocenters. The summed E-state index contributed by atoms with van der Waals surface area (Å²) in [5.74, 6) is -3.05. The van der Waals surface area contributed by atoms with Gasteiger partial charge in [-0.3, -0.25) is 14.4 Å². The van der Waals surface area contributed by atoms with Gasteiger partial charge in [-0.25, -0.2) is 9.89 Å². The van der Waals surface area contributed by atoms with Gasteiger partial charge >= 0.3 is 11.9 Å². The number of carboxylic acid groups (broad SMARTS) is 2. The molecule has 0 bridgehead atoms. The quantitative estimate of drug-likeness (QED) is 0.335. The molecule has 3 aromatic rings. The minimum absolute atomic E-state index is 0.212. The van der Waals surface area contributed by atoms with Crippen LogP contribution in [-0.4, -0.2) is 49.5 Å². The van der Waals surface area contributed by atoms with Gasteiger partial charge in [0.1, 0.15) is 11.6 Å². The average Bonchev–Trinajstić information content (AvgIpc) is 2.75. The van der Waals surface area contributed by atoms with Crippen molar-refractivity contribution < 1.29 is 24.6 Å². The second-order valence-corrected chi connectivity index (χ2v) is 6.72. The van der Waals surface area contributed by atoms with Gasteiger partial charge in [-0.05, 0) is 48.4 Å². The zero-order valence-electron chi connectivity index (χ0n) is 16.2. The summed E-state index contributed by atoms with van der Waals surface area (Å²) in [5.41, 5.74) is 1.95. The van der Waals surface area contributed by atoms with Crippen LogP contribution >= 0.6 is 0 Å². The molecule has 160 valence electrons. The van der Waals surface area contributed by atoms with E-state index in [0.717, 1.165) is 5.56 Å². The molecule has 0 fully saturated rings. The number of nitrogens with zero attached hydrogens (tertiary/aromatic N) is 2. The van der Waals surface area contributed by atoms with E-state index in [1.807, 2.05) is 6.07 Å². The molecule has 0 aliphatic rings.